The first-order valence-corrected chi connectivity index (χ1v) is 9.30. The van der Waals surface area contributed by atoms with Gasteiger partial charge in [-0.2, -0.15) is 4.98 Å². The van der Waals surface area contributed by atoms with E-state index in [1.165, 1.54) is 4.57 Å². The summed E-state index contributed by atoms with van der Waals surface area (Å²) in [5, 5.41) is 6.83. The second kappa shape index (κ2) is 8.26. The van der Waals surface area contributed by atoms with Crippen LogP contribution in [-0.4, -0.2) is 33.2 Å². The highest BCUT2D eigenvalue weighted by Crippen LogP contribution is 2.19. The van der Waals surface area contributed by atoms with Gasteiger partial charge in [0.25, 0.3) is 11.3 Å². The van der Waals surface area contributed by atoms with Crippen molar-refractivity contribution in [3.63, 3.8) is 0 Å². The Labute approximate surface area is 166 Å². The molecule has 0 unspecified atom stereocenters. The van der Waals surface area contributed by atoms with E-state index >= 15 is 0 Å². The number of rotatable bonds is 6. The number of ether oxygens (including phenoxy) is 1. The van der Waals surface area contributed by atoms with Crippen LogP contribution in [0.2, 0.25) is 0 Å². The molecule has 2 aromatic heterocycles. The first-order chi connectivity index (χ1) is 13.9. The van der Waals surface area contributed by atoms with Gasteiger partial charge in [0.05, 0.1) is 17.9 Å². The summed E-state index contributed by atoms with van der Waals surface area (Å²) in [5.41, 5.74) is 1.11. The van der Waals surface area contributed by atoms with Crippen molar-refractivity contribution in [2.75, 3.05) is 11.9 Å². The lowest BCUT2D eigenvalue weighted by molar-refractivity contribution is -0.119. The quantitative estimate of drug-likeness (QED) is 0.635. The van der Waals surface area contributed by atoms with E-state index in [0.29, 0.717) is 29.2 Å². The number of nitrogens with one attached hydrogen (secondary N) is 1. The average Bonchev–Trinajstić information content (AvgIpc) is 3.06. The predicted molar refractivity (Wildman–Crippen MR) is 106 cm³/mol. The number of nitrogens with zero attached hydrogens (tertiary/aromatic N) is 3. The van der Waals surface area contributed by atoms with Gasteiger partial charge in [0.15, 0.2) is 0 Å². The van der Waals surface area contributed by atoms with Gasteiger partial charge in [-0.1, -0.05) is 12.1 Å². The van der Waals surface area contributed by atoms with Crippen LogP contribution in [-0.2, 0) is 9.53 Å². The molecular weight excluding hydrogens is 376 g/mol. The molecule has 3 aromatic rings. The number of benzene rings is 1. The number of aryl methyl sites for hydroxylation is 2. The minimum Gasteiger partial charge on any atom is -0.462 e. The molecule has 0 fully saturated rings. The smallest absolute Gasteiger partial charge is 0.338 e. The zero-order valence-corrected chi connectivity index (χ0v) is 16.7. The maximum Gasteiger partial charge on any atom is 0.338 e. The van der Waals surface area contributed by atoms with Crippen molar-refractivity contribution < 1.29 is 18.8 Å². The van der Waals surface area contributed by atoms with E-state index in [-0.39, 0.29) is 29.2 Å². The van der Waals surface area contributed by atoms with E-state index in [1.807, 2.05) is 6.92 Å². The molecule has 0 radical (unpaired) electrons. The fraction of sp³-hybridized carbons (Fsp3) is 0.350. The molecule has 9 nitrogen and oxygen atoms in total. The highest BCUT2D eigenvalue weighted by molar-refractivity contribution is 5.95. The first kappa shape index (κ1) is 20.2. The summed E-state index contributed by atoms with van der Waals surface area (Å²) >= 11 is 0. The van der Waals surface area contributed by atoms with E-state index in [0.717, 1.165) is 0 Å². The number of esters is 1. The third-order valence-corrected chi connectivity index (χ3v) is 4.55. The van der Waals surface area contributed by atoms with Gasteiger partial charge < -0.3 is 14.6 Å². The van der Waals surface area contributed by atoms with E-state index in [1.54, 1.807) is 45.0 Å². The number of amides is 1. The number of fused-ring (bicyclic) bond motifs is 1. The molecule has 3 rings (SSSR count). The Kier molecular flexibility index (Phi) is 5.76. The summed E-state index contributed by atoms with van der Waals surface area (Å²) in [5.74, 6) is -0.433. The summed E-state index contributed by atoms with van der Waals surface area (Å²) < 4.78 is 11.4. The third-order valence-electron chi connectivity index (χ3n) is 4.55. The molecule has 29 heavy (non-hydrogen) atoms. The van der Waals surface area contributed by atoms with Crippen molar-refractivity contribution >= 4 is 28.7 Å². The molecule has 1 N–H and O–H groups in total. The van der Waals surface area contributed by atoms with Gasteiger partial charge in [-0.15, -0.1) is 0 Å². The molecule has 0 spiro atoms. The van der Waals surface area contributed by atoms with Crippen molar-refractivity contribution in [3.8, 4) is 0 Å². The number of carbonyl (C=O) groups excluding carboxylic acids is 2. The van der Waals surface area contributed by atoms with Crippen LogP contribution in [0.4, 0.5) is 5.69 Å². The van der Waals surface area contributed by atoms with E-state index in [4.69, 9.17) is 9.26 Å². The molecule has 152 valence electrons. The fourth-order valence-electron chi connectivity index (χ4n) is 3.13. The lowest BCUT2D eigenvalue weighted by atomic mass is 10.1. The minimum absolute atomic E-state index is 0.158. The maximum absolute atomic E-state index is 13.0. The monoisotopic (exact) mass is 398 g/mol. The van der Waals surface area contributed by atoms with Crippen LogP contribution in [0.5, 0.6) is 0 Å². The van der Waals surface area contributed by atoms with Crippen LogP contribution in [0, 0.1) is 13.8 Å². The van der Waals surface area contributed by atoms with Crippen LogP contribution in [0.15, 0.2) is 33.6 Å². The zero-order chi connectivity index (χ0) is 21.1. The molecule has 0 aliphatic heterocycles. The molecule has 0 aliphatic carbocycles. The van der Waals surface area contributed by atoms with Crippen molar-refractivity contribution in [1.29, 1.82) is 0 Å². The lowest BCUT2D eigenvalue weighted by Crippen LogP contribution is -2.35. The Balaban J connectivity index is 1.88. The number of hydrogen-bond acceptors (Lipinski definition) is 7. The SMILES string of the molecule is CCOC(=O)c1ccc(NC(=O)[C@@H](CC)n2c(C)nc3onc(C)c3c2=O)cc1. The van der Waals surface area contributed by atoms with Gasteiger partial charge in [0, 0.05) is 5.69 Å². The third kappa shape index (κ3) is 3.89. The molecule has 1 aromatic carbocycles. The fourth-order valence-corrected chi connectivity index (χ4v) is 3.13. The van der Waals surface area contributed by atoms with E-state index in [9.17, 15) is 14.4 Å². The van der Waals surface area contributed by atoms with Gasteiger partial charge in [0.2, 0.25) is 5.91 Å². The molecular formula is C20H22N4O5. The summed E-state index contributed by atoms with van der Waals surface area (Å²) in [7, 11) is 0. The van der Waals surface area contributed by atoms with Crippen molar-refractivity contribution in [1.82, 2.24) is 14.7 Å². The number of hydrogen-bond donors (Lipinski definition) is 1. The van der Waals surface area contributed by atoms with E-state index < -0.39 is 12.0 Å². The highest BCUT2D eigenvalue weighted by Gasteiger charge is 2.25. The molecule has 0 saturated heterocycles. The van der Waals surface area contributed by atoms with Crippen molar-refractivity contribution in [2.45, 2.75) is 40.2 Å². The Bertz CT molecular complexity index is 1110. The van der Waals surface area contributed by atoms with Gasteiger partial charge in [-0.25, -0.2) is 4.79 Å². The van der Waals surface area contributed by atoms with Gasteiger partial charge in [-0.05, 0) is 51.5 Å². The molecule has 0 saturated carbocycles. The van der Waals surface area contributed by atoms with Gasteiger partial charge in [0.1, 0.15) is 17.3 Å². The van der Waals surface area contributed by atoms with Crippen LogP contribution >= 0.6 is 0 Å². The summed E-state index contributed by atoms with van der Waals surface area (Å²) in [6, 6.07) is 5.59. The Morgan fingerprint density at radius 1 is 1.21 bits per heavy atom. The first-order valence-electron chi connectivity index (χ1n) is 9.30. The summed E-state index contributed by atoms with van der Waals surface area (Å²) in [4.78, 5) is 41.9. The van der Waals surface area contributed by atoms with Gasteiger partial charge in [-0.3, -0.25) is 14.2 Å². The molecule has 0 bridgehead atoms. The van der Waals surface area contributed by atoms with Crippen LogP contribution in [0.3, 0.4) is 0 Å². The topological polar surface area (TPSA) is 116 Å². The Morgan fingerprint density at radius 2 is 1.90 bits per heavy atom. The Hall–Kier alpha value is -3.49. The average molecular weight is 398 g/mol. The van der Waals surface area contributed by atoms with Crippen LogP contribution < -0.4 is 10.9 Å². The van der Waals surface area contributed by atoms with E-state index in [2.05, 4.69) is 15.5 Å². The minimum atomic E-state index is -0.765. The zero-order valence-electron chi connectivity index (χ0n) is 16.7. The highest BCUT2D eigenvalue weighted by atomic mass is 16.5. The normalized spacial score (nSPS) is 12.0. The predicted octanol–water partition coefficient (Wildman–Crippen LogP) is 2.77. The molecule has 9 heteroatoms. The summed E-state index contributed by atoms with van der Waals surface area (Å²) in [6.07, 6.45) is 0.380. The van der Waals surface area contributed by atoms with Crippen molar-refractivity contribution in [3.05, 3.63) is 51.7 Å². The molecule has 1 atom stereocenters. The van der Waals surface area contributed by atoms with Crippen LogP contribution in [0.25, 0.3) is 11.1 Å². The number of carbonyl (C=O) groups is 2. The van der Waals surface area contributed by atoms with Crippen molar-refractivity contribution in [2.24, 2.45) is 0 Å². The molecule has 1 amide bonds. The number of aromatic nitrogens is 3. The second-order valence-electron chi connectivity index (χ2n) is 6.49. The molecule has 2 heterocycles. The van der Waals surface area contributed by atoms with Crippen LogP contribution in [0.1, 0.15) is 48.2 Å². The summed E-state index contributed by atoms with van der Waals surface area (Å²) in [6.45, 7) is 7.12. The Morgan fingerprint density at radius 3 is 2.52 bits per heavy atom. The second-order valence-corrected chi connectivity index (χ2v) is 6.49. The maximum atomic E-state index is 13.0. The van der Waals surface area contributed by atoms with Gasteiger partial charge >= 0.3 is 5.97 Å². The standard InChI is InChI=1S/C20H22N4O5/c1-5-15(24-12(4)21-18-16(19(24)26)11(3)23-29-18)17(25)22-14-9-7-13(8-10-14)20(27)28-6-2/h7-10,15H,5-6H2,1-4H3,(H,22,25)/t15-/m1/s1. The largest absolute Gasteiger partial charge is 0.462 e. The lowest BCUT2D eigenvalue weighted by Gasteiger charge is -2.19. The molecule has 0 aliphatic rings. The number of anilines is 1.